The number of nitrogens with one attached hydrogen (secondary N) is 1. The topological polar surface area (TPSA) is 97.3 Å². The minimum atomic E-state index is -3.74. The molecule has 0 aliphatic rings. The molecule has 1 amide bonds. The third-order valence-electron chi connectivity index (χ3n) is 3.65. The Morgan fingerprint density at radius 2 is 1.85 bits per heavy atom. The molecule has 0 unspecified atom stereocenters. The third kappa shape index (κ3) is 5.28. The van der Waals surface area contributed by atoms with Gasteiger partial charge in [0.05, 0.1) is 31.9 Å². The van der Waals surface area contributed by atoms with Crippen LogP contribution in [0.1, 0.15) is 5.56 Å². The molecule has 0 fully saturated rings. The first-order valence-electron chi connectivity index (χ1n) is 7.94. The van der Waals surface area contributed by atoms with E-state index >= 15 is 0 Å². The van der Waals surface area contributed by atoms with Crippen LogP contribution in [0.2, 0.25) is 0 Å². The van der Waals surface area contributed by atoms with Crippen LogP contribution < -0.4 is 14.9 Å². The molecule has 2 rings (SSSR count). The van der Waals surface area contributed by atoms with Crippen molar-refractivity contribution in [2.75, 3.05) is 27.8 Å². The summed E-state index contributed by atoms with van der Waals surface area (Å²) in [4.78, 5) is 12.1. The maximum Gasteiger partial charge on any atom is 0.255 e. The van der Waals surface area contributed by atoms with Gasteiger partial charge in [0.25, 0.3) is 5.91 Å². The van der Waals surface area contributed by atoms with Gasteiger partial charge < -0.3 is 9.47 Å². The van der Waals surface area contributed by atoms with Crippen LogP contribution in [0, 0.1) is 0 Å². The molecule has 0 heterocycles. The van der Waals surface area contributed by atoms with Gasteiger partial charge in [-0.05, 0) is 24.3 Å². The monoisotopic (exact) mass is 391 g/mol. The maximum absolute atomic E-state index is 12.4. The summed E-state index contributed by atoms with van der Waals surface area (Å²) in [7, 11) is 0.641. The Balaban J connectivity index is 1.99. The first-order valence-corrected chi connectivity index (χ1v) is 9.38. The molecular weight excluding hydrogens is 370 g/mol. The molecule has 0 saturated heterocycles. The lowest BCUT2D eigenvalue weighted by Crippen LogP contribution is -2.36. The Morgan fingerprint density at radius 1 is 1.15 bits per heavy atom. The predicted octanol–water partition coefficient (Wildman–Crippen LogP) is 1.47. The van der Waals surface area contributed by atoms with Crippen LogP contribution in [-0.4, -0.2) is 52.7 Å². The summed E-state index contributed by atoms with van der Waals surface area (Å²) in [6.45, 7) is -0.367. The molecule has 144 valence electrons. The van der Waals surface area contributed by atoms with Gasteiger partial charge in [0.1, 0.15) is 11.5 Å². The fourth-order valence-corrected chi connectivity index (χ4v) is 3.34. The average Bonchev–Trinajstić information content (AvgIpc) is 2.68. The number of hydrogen-bond acceptors (Lipinski definition) is 6. The van der Waals surface area contributed by atoms with E-state index in [0.29, 0.717) is 17.1 Å². The molecule has 0 aromatic heterocycles. The zero-order chi connectivity index (χ0) is 19.9. The lowest BCUT2D eigenvalue weighted by atomic mass is 10.2. The minimum absolute atomic E-state index is 0.117. The maximum atomic E-state index is 12.4. The lowest BCUT2D eigenvalue weighted by molar-refractivity contribution is -0.121. The highest BCUT2D eigenvalue weighted by atomic mass is 32.2. The molecule has 1 N–H and O–H groups in total. The number of benzene rings is 2. The molecule has 2 aromatic rings. The van der Waals surface area contributed by atoms with Crippen molar-refractivity contribution in [2.45, 2.75) is 4.90 Å². The number of sulfonamides is 1. The van der Waals surface area contributed by atoms with Crippen LogP contribution in [0.4, 0.5) is 0 Å². The summed E-state index contributed by atoms with van der Waals surface area (Å²) in [5.74, 6) is 0.581. The zero-order valence-electron chi connectivity index (χ0n) is 15.2. The summed E-state index contributed by atoms with van der Waals surface area (Å²) in [6, 6.07) is 13.0. The van der Waals surface area contributed by atoms with Crippen molar-refractivity contribution in [2.24, 2.45) is 5.10 Å². The average molecular weight is 391 g/mol. The van der Waals surface area contributed by atoms with E-state index < -0.39 is 15.9 Å². The molecule has 8 nitrogen and oxygen atoms in total. The molecule has 0 aliphatic carbocycles. The fraction of sp³-hybridized carbons (Fsp3) is 0.222. The summed E-state index contributed by atoms with van der Waals surface area (Å²) in [5.41, 5.74) is 2.93. The molecule has 0 atom stereocenters. The van der Waals surface area contributed by atoms with Crippen molar-refractivity contribution < 1.29 is 22.7 Å². The van der Waals surface area contributed by atoms with Gasteiger partial charge >= 0.3 is 0 Å². The minimum Gasteiger partial charge on any atom is -0.497 e. The Kier molecular flexibility index (Phi) is 6.91. The molecular formula is C18H21N3O5S. The fourth-order valence-electron chi connectivity index (χ4n) is 2.19. The van der Waals surface area contributed by atoms with Crippen molar-refractivity contribution in [3.63, 3.8) is 0 Å². The Bertz CT molecular complexity index is 914. The number of nitrogens with zero attached hydrogens (tertiary/aromatic N) is 2. The van der Waals surface area contributed by atoms with Crippen LogP contribution in [0.15, 0.2) is 58.5 Å². The van der Waals surface area contributed by atoms with E-state index in [1.165, 1.54) is 32.5 Å². The molecule has 0 saturated carbocycles. The second kappa shape index (κ2) is 9.15. The smallest absolute Gasteiger partial charge is 0.255 e. The number of hydrazone groups is 1. The van der Waals surface area contributed by atoms with Crippen LogP contribution in [0.3, 0.4) is 0 Å². The van der Waals surface area contributed by atoms with Gasteiger partial charge in [-0.2, -0.15) is 9.41 Å². The number of carbonyl (C=O) groups is 1. The van der Waals surface area contributed by atoms with Crippen LogP contribution in [-0.2, 0) is 14.8 Å². The lowest BCUT2D eigenvalue weighted by Gasteiger charge is -2.15. The number of hydrogen-bond donors (Lipinski definition) is 1. The highest BCUT2D eigenvalue weighted by molar-refractivity contribution is 7.89. The summed E-state index contributed by atoms with van der Waals surface area (Å²) >= 11 is 0. The van der Waals surface area contributed by atoms with Gasteiger partial charge in [0.2, 0.25) is 10.0 Å². The summed E-state index contributed by atoms with van der Waals surface area (Å²) in [6.07, 6.45) is 1.40. The Labute approximate surface area is 158 Å². The number of amides is 1. The second-order valence-electron chi connectivity index (χ2n) is 5.48. The van der Waals surface area contributed by atoms with Crippen molar-refractivity contribution in [3.8, 4) is 11.5 Å². The zero-order valence-corrected chi connectivity index (χ0v) is 16.1. The van der Waals surface area contributed by atoms with Crippen molar-refractivity contribution in [1.29, 1.82) is 0 Å². The number of likely N-dealkylation sites (N-methyl/N-ethyl adjacent to an activating group) is 1. The predicted molar refractivity (Wildman–Crippen MR) is 102 cm³/mol. The molecule has 0 bridgehead atoms. The quantitative estimate of drug-likeness (QED) is 0.543. The first-order chi connectivity index (χ1) is 12.9. The van der Waals surface area contributed by atoms with Crippen LogP contribution >= 0.6 is 0 Å². The number of methoxy groups -OCH3 is 2. The van der Waals surface area contributed by atoms with Crippen LogP contribution in [0.25, 0.3) is 0 Å². The summed E-state index contributed by atoms with van der Waals surface area (Å²) in [5, 5.41) is 3.85. The molecule has 0 spiro atoms. The normalized spacial score (nSPS) is 11.6. The second-order valence-corrected chi connectivity index (χ2v) is 7.52. The van der Waals surface area contributed by atoms with Gasteiger partial charge in [0, 0.05) is 18.7 Å². The largest absolute Gasteiger partial charge is 0.497 e. The first kappa shape index (κ1) is 20.4. The van der Waals surface area contributed by atoms with E-state index in [1.54, 1.807) is 43.5 Å². The van der Waals surface area contributed by atoms with Crippen molar-refractivity contribution >= 4 is 22.1 Å². The third-order valence-corrected chi connectivity index (χ3v) is 5.47. The molecule has 9 heteroatoms. The SMILES string of the molecule is COc1ccc(/C=N\NC(=O)CN(C)S(=O)(=O)c2ccccc2)c(OC)c1. The van der Waals surface area contributed by atoms with Gasteiger partial charge in [-0.15, -0.1) is 0 Å². The van der Waals surface area contributed by atoms with Gasteiger partial charge in [-0.25, -0.2) is 13.8 Å². The molecule has 27 heavy (non-hydrogen) atoms. The number of ether oxygens (including phenoxy) is 2. The summed E-state index contributed by atoms with van der Waals surface area (Å²) < 4.78 is 36.1. The standard InChI is InChI=1S/C18H21N3O5S/c1-21(27(23,24)16-7-5-4-6-8-16)13-18(22)20-19-12-14-9-10-15(25-2)11-17(14)26-3/h4-12H,13H2,1-3H3,(H,20,22)/b19-12-. The number of carbonyl (C=O) groups excluding carboxylic acids is 1. The van der Waals surface area contributed by atoms with E-state index in [4.69, 9.17) is 9.47 Å². The van der Waals surface area contributed by atoms with Crippen molar-refractivity contribution in [3.05, 3.63) is 54.1 Å². The molecule has 2 aromatic carbocycles. The van der Waals surface area contributed by atoms with Gasteiger partial charge in [-0.3, -0.25) is 4.79 Å². The highest BCUT2D eigenvalue weighted by Gasteiger charge is 2.22. The van der Waals surface area contributed by atoms with Crippen LogP contribution in [0.5, 0.6) is 11.5 Å². The highest BCUT2D eigenvalue weighted by Crippen LogP contribution is 2.23. The van der Waals surface area contributed by atoms with E-state index in [9.17, 15) is 13.2 Å². The van der Waals surface area contributed by atoms with Gasteiger partial charge in [0.15, 0.2) is 0 Å². The Morgan fingerprint density at radius 3 is 2.48 bits per heavy atom. The van der Waals surface area contributed by atoms with E-state index in [-0.39, 0.29) is 11.4 Å². The van der Waals surface area contributed by atoms with E-state index in [2.05, 4.69) is 10.5 Å². The van der Waals surface area contributed by atoms with E-state index in [0.717, 1.165) is 4.31 Å². The molecule has 0 aliphatic heterocycles. The Hall–Kier alpha value is -2.91. The molecule has 0 radical (unpaired) electrons. The van der Waals surface area contributed by atoms with Crippen molar-refractivity contribution in [1.82, 2.24) is 9.73 Å². The van der Waals surface area contributed by atoms with Gasteiger partial charge in [-0.1, -0.05) is 18.2 Å². The number of rotatable bonds is 8. The van der Waals surface area contributed by atoms with E-state index in [1.807, 2.05) is 0 Å².